The molecule has 0 aromatic carbocycles. The molecule has 5 N–H and O–H groups in total. The molecule has 8 heteroatoms. The Morgan fingerprint density at radius 1 is 1.17 bits per heavy atom. The summed E-state index contributed by atoms with van der Waals surface area (Å²) in [6.45, 7) is 2.22. The lowest BCUT2D eigenvalue weighted by atomic mass is 9.99. The topological polar surface area (TPSA) is 145 Å². The Labute approximate surface area is 103 Å². The Morgan fingerprint density at radius 3 is 2.17 bits per heavy atom. The highest BCUT2D eigenvalue weighted by atomic mass is 16.5. The molecule has 0 aromatic heterocycles. The van der Waals surface area contributed by atoms with E-state index in [-0.39, 0.29) is 0 Å². The van der Waals surface area contributed by atoms with Crippen LogP contribution < -0.4 is 0 Å². The number of hydrogen-bond donors (Lipinski definition) is 5. The van der Waals surface area contributed by atoms with Crippen LogP contribution >= 0.6 is 0 Å². The average Bonchev–Trinajstić information content (AvgIpc) is 2.35. The largest absolute Gasteiger partial charge is 0.435 e. The van der Waals surface area contributed by atoms with Gasteiger partial charge >= 0.3 is 5.97 Å². The van der Waals surface area contributed by atoms with E-state index in [4.69, 9.17) is 10.2 Å². The maximum absolute atomic E-state index is 11.3. The molecule has 0 amide bonds. The highest BCUT2D eigenvalue weighted by molar-refractivity contribution is 5.98. The number of ether oxygens (including phenoxy) is 1. The van der Waals surface area contributed by atoms with E-state index in [1.807, 2.05) is 0 Å². The predicted molar refractivity (Wildman–Crippen MR) is 57.0 cm³/mol. The zero-order chi connectivity index (χ0) is 14.3. The summed E-state index contributed by atoms with van der Waals surface area (Å²) in [7, 11) is 0. The van der Waals surface area contributed by atoms with Crippen LogP contribution in [0, 0.1) is 0 Å². The van der Waals surface area contributed by atoms with E-state index in [1.165, 1.54) is 0 Å². The van der Waals surface area contributed by atoms with Crippen molar-refractivity contribution < 1.29 is 39.9 Å². The van der Waals surface area contributed by atoms with Crippen LogP contribution in [0.4, 0.5) is 0 Å². The van der Waals surface area contributed by atoms with Gasteiger partial charge in [-0.3, -0.25) is 9.59 Å². The molecule has 0 aliphatic rings. The molecule has 18 heavy (non-hydrogen) atoms. The Bertz CT molecular complexity index is 302. The molecule has 8 nitrogen and oxygen atoms in total. The summed E-state index contributed by atoms with van der Waals surface area (Å²) in [5, 5.41) is 45.4. The molecule has 0 heterocycles. The number of aliphatic hydroxyl groups excluding tert-OH is 5. The van der Waals surface area contributed by atoms with Gasteiger partial charge in [-0.25, -0.2) is 0 Å². The van der Waals surface area contributed by atoms with Crippen LogP contribution in [-0.2, 0) is 14.3 Å². The second-order valence-corrected chi connectivity index (χ2v) is 3.48. The summed E-state index contributed by atoms with van der Waals surface area (Å²) in [6, 6.07) is 0. The van der Waals surface area contributed by atoms with Crippen molar-refractivity contribution in [3.05, 3.63) is 12.8 Å². The van der Waals surface area contributed by atoms with Crippen molar-refractivity contribution in [2.24, 2.45) is 0 Å². The maximum Gasteiger partial charge on any atom is 0.318 e. The van der Waals surface area contributed by atoms with Crippen LogP contribution in [-0.4, -0.2) is 68.3 Å². The lowest BCUT2D eigenvalue weighted by Gasteiger charge is -2.24. The monoisotopic (exact) mass is 264 g/mol. The quantitative estimate of drug-likeness (QED) is 0.178. The fourth-order valence-electron chi connectivity index (χ4n) is 1.09. The van der Waals surface area contributed by atoms with E-state index >= 15 is 0 Å². The van der Waals surface area contributed by atoms with Gasteiger partial charge in [0.15, 0.2) is 5.78 Å². The van der Waals surface area contributed by atoms with Gasteiger partial charge in [0.05, 0.1) is 12.9 Å². The van der Waals surface area contributed by atoms with Gasteiger partial charge in [-0.2, -0.15) is 0 Å². The van der Waals surface area contributed by atoms with Gasteiger partial charge in [0, 0.05) is 0 Å². The van der Waals surface area contributed by atoms with E-state index in [0.29, 0.717) is 0 Å². The van der Waals surface area contributed by atoms with Crippen molar-refractivity contribution in [1.82, 2.24) is 0 Å². The molecular formula is C10H16O8. The second-order valence-electron chi connectivity index (χ2n) is 3.48. The standard InChI is InChI=1S/C10H16O8/c1-2-18-7(14)3-5(12)8(15)10(17)9(16)6(13)4-11/h2,6,8-11,13,15-17H,1,3-4H2/t6-,8+,9-,10-/m1/s1. The summed E-state index contributed by atoms with van der Waals surface area (Å²) in [4.78, 5) is 22.2. The van der Waals surface area contributed by atoms with Crippen molar-refractivity contribution in [3.8, 4) is 0 Å². The minimum atomic E-state index is -2.08. The molecule has 0 saturated heterocycles. The van der Waals surface area contributed by atoms with E-state index in [1.54, 1.807) is 0 Å². The van der Waals surface area contributed by atoms with Crippen molar-refractivity contribution in [3.63, 3.8) is 0 Å². The van der Waals surface area contributed by atoms with E-state index < -0.39 is 49.2 Å². The molecule has 0 fully saturated rings. The van der Waals surface area contributed by atoms with E-state index in [9.17, 15) is 24.9 Å². The van der Waals surface area contributed by atoms with Gasteiger partial charge in [0.2, 0.25) is 0 Å². The van der Waals surface area contributed by atoms with Gasteiger partial charge in [-0.15, -0.1) is 0 Å². The molecule has 0 rings (SSSR count). The third-order valence-electron chi connectivity index (χ3n) is 2.12. The number of hydrogen-bond acceptors (Lipinski definition) is 8. The summed E-state index contributed by atoms with van der Waals surface area (Å²) in [5.74, 6) is -2.09. The van der Waals surface area contributed by atoms with E-state index in [2.05, 4.69) is 11.3 Å². The van der Waals surface area contributed by atoms with Crippen molar-refractivity contribution in [2.75, 3.05) is 6.61 Å². The Hall–Kier alpha value is -1.32. The van der Waals surface area contributed by atoms with Gasteiger partial charge in [0.25, 0.3) is 0 Å². The average molecular weight is 264 g/mol. The zero-order valence-corrected chi connectivity index (χ0v) is 9.47. The normalized spacial score (nSPS) is 17.4. The van der Waals surface area contributed by atoms with Gasteiger partial charge in [0.1, 0.15) is 30.8 Å². The van der Waals surface area contributed by atoms with Crippen LogP contribution in [0.2, 0.25) is 0 Å². The SMILES string of the molecule is C=COC(=O)CC(=O)[C@H](O)[C@@H](O)[C@H](O)[C@H](O)CO. The Kier molecular flexibility index (Phi) is 7.32. The van der Waals surface area contributed by atoms with Crippen LogP contribution in [0.25, 0.3) is 0 Å². The number of esters is 1. The molecule has 0 aliphatic carbocycles. The number of aliphatic hydroxyl groups is 5. The number of carbonyl (C=O) groups excluding carboxylic acids is 2. The molecule has 0 radical (unpaired) electrons. The lowest BCUT2D eigenvalue weighted by Crippen LogP contribution is -2.48. The van der Waals surface area contributed by atoms with Crippen LogP contribution in [0.1, 0.15) is 6.42 Å². The molecule has 0 aliphatic heterocycles. The lowest BCUT2D eigenvalue weighted by molar-refractivity contribution is -0.152. The number of ketones is 1. The molecule has 0 spiro atoms. The fraction of sp³-hybridized carbons (Fsp3) is 0.600. The van der Waals surface area contributed by atoms with Crippen LogP contribution in [0.15, 0.2) is 12.8 Å². The Morgan fingerprint density at radius 2 is 1.72 bits per heavy atom. The zero-order valence-electron chi connectivity index (χ0n) is 9.47. The molecule has 0 aromatic rings. The summed E-state index contributed by atoms with van der Waals surface area (Å²) in [5.41, 5.74) is 0. The fourth-order valence-corrected chi connectivity index (χ4v) is 1.09. The van der Waals surface area contributed by atoms with E-state index in [0.717, 1.165) is 6.26 Å². The number of carbonyl (C=O) groups is 2. The van der Waals surface area contributed by atoms with Crippen molar-refractivity contribution >= 4 is 11.8 Å². The van der Waals surface area contributed by atoms with Crippen LogP contribution in [0.3, 0.4) is 0 Å². The molecule has 4 atom stereocenters. The van der Waals surface area contributed by atoms with Gasteiger partial charge < -0.3 is 30.3 Å². The smallest absolute Gasteiger partial charge is 0.318 e. The first-order valence-electron chi connectivity index (χ1n) is 5.01. The summed E-state index contributed by atoms with van der Waals surface area (Å²) in [6.07, 6.45) is -7.80. The first-order valence-corrected chi connectivity index (χ1v) is 5.01. The minimum absolute atomic E-state index is 0.794. The van der Waals surface area contributed by atoms with Gasteiger partial charge in [-0.05, 0) is 0 Å². The number of Topliss-reactive ketones (excluding diaryl/α,β-unsaturated/α-hetero) is 1. The molecule has 0 saturated carbocycles. The molecule has 0 bridgehead atoms. The second kappa shape index (κ2) is 7.90. The first kappa shape index (κ1) is 16.7. The van der Waals surface area contributed by atoms with Crippen molar-refractivity contribution in [2.45, 2.75) is 30.8 Å². The number of rotatable bonds is 8. The third-order valence-corrected chi connectivity index (χ3v) is 2.12. The highest BCUT2D eigenvalue weighted by Crippen LogP contribution is 2.08. The highest BCUT2D eigenvalue weighted by Gasteiger charge is 2.34. The first-order chi connectivity index (χ1) is 8.34. The van der Waals surface area contributed by atoms with Crippen molar-refractivity contribution in [1.29, 1.82) is 0 Å². The predicted octanol–water partition coefficient (Wildman–Crippen LogP) is -2.93. The third kappa shape index (κ3) is 4.90. The van der Waals surface area contributed by atoms with Crippen LogP contribution in [0.5, 0.6) is 0 Å². The Balaban J connectivity index is 4.44. The molecule has 104 valence electrons. The van der Waals surface area contributed by atoms with Gasteiger partial charge in [-0.1, -0.05) is 6.58 Å². The summed E-state index contributed by atoms with van der Waals surface area (Å²) >= 11 is 0. The maximum atomic E-state index is 11.3. The molecular weight excluding hydrogens is 248 g/mol. The molecule has 0 unspecified atom stereocenters. The summed E-state index contributed by atoms with van der Waals surface area (Å²) < 4.78 is 4.23. The minimum Gasteiger partial charge on any atom is -0.435 e.